The number of rotatable bonds is 6. The van der Waals surface area contributed by atoms with Crippen molar-refractivity contribution in [1.82, 2.24) is 4.90 Å². The van der Waals surface area contributed by atoms with Crippen LogP contribution in [-0.2, 0) is 9.59 Å². The first kappa shape index (κ1) is 21.3. The Morgan fingerprint density at radius 2 is 2.03 bits per heavy atom. The van der Waals surface area contributed by atoms with Crippen molar-refractivity contribution >= 4 is 56.0 Å². The Kier molecular flexibility index (Phi) is 6.92. The van der Waals surface area contributed by atoms with Crippen LogP contribution in [0.1, 0.15) is 17.5 Å². The summed E-state index contributed by atoms with van der Waals surface area (Å²) in [7, 11) is 0. The van der Waals surface area contributed by atoms with Gasteiger partial charge in [-0.05, 0) is 65.2 Å². The lowest BCUT2D eigenvalue weighted by atomic mass is 10.1. The zero-order chi connectivity index (χ0) is 21.0. The Hall–Kier alpha value is -2.38. The first-order valence-electron chi connectivity index (χ1n) is 9.18. The number of carbonyl (C=O) groups excluding carboxylic acids is 2. The van der Waals surface area contributed by atoms with E-state index in [-0.39, 0.29) is 18.2 Å². The Bertz CT molecular complexity index is 990. The van der Waals surface area contributed by atoms with E-state index in [1.807, 2.05) is 56.3 Å². The van der Waals surface area contributed by atoms with E-state index < -0.39 is 5.25 Å². The fourth-order valence-electron chi connectivity index (χ4n) is 2.86. The highest BCUT2D eigenvalue weighted by atomic mass is 79.9. The Labute approximate surface area is 183 Å². The number of hydrogen-bond acceptors (Lipinski definition) is 4. The summed E-state index contributed by atoms with van der Waals surface area (Å²) in [5.74, 6) is -0.339. The molecule has 1 aliphatic rings. The van der Waals surface area contributed by atoms with Gasteiger partial charge < -0.3 is 5.32 Å². The molecule has 1 fully saturated rings. The fourth-order valence-corrected chi connectivity index (χ4v) is 4.41. The molecule has 1 heterocycles. The molecule has 0 aromatic heterocycles. The van der Waals surface area contributed by atoms with E-state index in [1.54, 1.807) is 11.0 Å². The molecule has 7 heteroatoms. The van der Waals surface area contributed by atoms with Gasteiger partial charge in [0, 0.05) is 17.4 Å². The maximum absolute atomic E-state index is 12.9. The molecule has 1 atom stereocenters. The number of carbonyl (C=O) groups is 2. The molecule has 3 rings (SSSR count). The minimum atomic E-state index is -0.511. The van der Waals surface area contributed by atoms with Crippen LogP contribution in [0.25, 0.3) is 0 Å². The normalized spacial score (nSPS) is 17.6. The number of nitrogens with one attached hydrogen (secondary N) is 1. The molecule has 0 spiro atoms. The van der Waals surface area contributed by atoms with Crippen molar-refractivity contribution in [2.45, 2.75) is 25.5 Å². The van der Waals surface area contributed by atoms with Gasteiger partial charge in [0.25, 0.3) is 0 Å². The first-order chi connectivity index (χ1) is 13.9. The quantitative estimate of drug-likeness (QED) is 0.587. The highest BCUT2D eigenvalue weighted by molar-refractivity contribution is 9.10. The number of halogens is 1. The van der Waals surface area contributed by atoms with Gasteiger partial charge in [0.15, 0.2) is 5.17 Å². The second kappa shape index (κ2) is 9.41. The van der Waals surface area contributed by atoms with Gasteiger partial charge in [-0.1, -0.05) is 36.0 Å². The minimum absolute atomic E-state index is 0.0738. The molecule has 0 bridgehead atoms. The molecule has 2 amide bonds. The summed E-state index contributed by atoms with van der Waals surface area (Å²) < 4.78 is 0.795. The van der Waals surface area contributed by atoms with Crippen molar-refractivity contribution in [2.75, 3.05) is 11.9 Å². The molecule has 1 aliphatic heterocycles. The summed E-state index contributed by atoms with van der Waals surface area (Å²) in [4.78, 5) is 31.6. The Morgan fingerprint density at radius 1 is 1.28 bits per heavy atom. The lowest BCUT2D eigenvalue weighted by Gasteiger charge is -2.14. The van der Waals surface area contributed by atoms with Crippen molar-refractivity contribution in [3.63, 3.8) is 0 Å². The molecule has 1 saturated heterocycles. The second-order valence-electron chi connectivity index (χ2n) is 6.74. The predicted molar refractivity (Wildman–Crippen MR) is 124 cm³/mol. The summed E-state index contributed by atoms with van der Waals surface area (Å²) in [6.45, 7) is 8.17. The van der Waals surface area contributed by atoms with E-state index >= 15 is 0 Å². The number of aliphatic imine (C=N–C) groups is 1. The molecule has 1 N–H and O–H groups in total. The van der Waals surface area contributed by atoms with Crippen LogP contribution in [0.3, 0.4) is 0 Å². The maximum Gasteiger partial charge on any atom is 0.242 e. The number of amides is 2. The SMILES string of the molecule is C=CCN1C(=O)C(CC(=O)Nc2ccccc2Br)SC1=Nc1ccc(C)c(C)c1. The van der Waals surface area contributed by atoms with Crippen LogP contribution in [0.5, 0.6) is 0 Å². The summed E-state index contributed by atoms with van der Waals surface area (Å²) in [5.41, 5.74) is 3.80. The fraction of sp³-hybridized carbons (Fsp3) is 0.227. The summed E-state index contributed by atoms with van der Waals surface area (Å²) in [6.07, 6.45) is 1.74. The third kappa shape index (κ3) is 5.16. The lowest BCUT2D eigenvalue weighted by molar-refractivity contribution is -0.127. The van der Waals surface area contributed by atoms with Crippen LogP contribution in [0.4, 0.5) is 11.4 Å². The van der Waals surface area contributed by atoms with E-state index in [9.17, 15) is 9.59 Å². The molecule has 150 valence electrons. The van der Waals surface area contributed by atoms with E-state index in [0.717, 1.165) is 15.7 Å². The van der Waals surface area contributed by atoms with Crippen molar-refractivity contribution in [2.24, 2.45) is 4.99 Å². The van der Waals surface area contributed by atoms with Gasteiger partial charge in [-0.25, -0.2) is 4.99 Å². The minimum Gasteiger partial charge on any atom is -0.325 e. The number of thioether (sulfide) groups is 1. The highest BCUT2D eigenvalue weighted by Gasteiger charge is 2.38. The molecule has 5 nitrogen and oxygen atoms in total. The van der Waals surface area contributed by atoms with Crippen LogP contribution in [0, 0.1) is 13.8 Å². The highest BCUT2D eigenvalue weighted by Crippen LogP contribution is 2.32. The van der Waals surface area contributed by atoms with Gasteiger partial charge in [-0.15, -0.1) is 6.58 Å². The number of aryl methyl sites for hydroxylation is 2. The second-order valence-corrected chi connectivity index (χ2v) is 8.76. The zero-order valence-corrected chi connectivity index (χ0v) is 18.7. The topological polar surface area (TPSA) is 61.8 Å². The van der Waals surface area contributed by atoms with Gasteiger partial charge >= 0.3 is 0 Å². The summed E-state index contributed by atoms with van der Waals surface area (Å²) in [6, 6.07) is 13.3. The van der Waals surface area contributed by atoms with Gasteiger partial charge in [0.05, 0.1) is 11.4 Å². The van der Waals surface area contributed by atoms with E-state index in [2.05, 4.69) is 32.8 Å². The number of benzene rings is 2. The number of nitrogens with zero attached hydrogens (tertiary/aromatic N) is 2. The molecule has 2 aromatic rings. The van der Waals surface area contributed by atoms with Crippen molar-refractivity contribution < 1.29 is 9.59 Å². The van der Waals surface area contributed by atoms with Crippen LogP contribution < -0.4 is 5.32 Å². The number of hydrogen-bond donors (Lipinski definition) is 1. The van der Waals surface area contributed by atoms with E-state index in [4.69, 9.17) is 0 Å². The summed E-state index contributed by atoms with van der Waals surface area (Å²) >= 11 is 4.73. The van der Waals surface area contributed by atoms with Crippen LogP contribution >= 0.6 is 27.7 Å². The molecule has 29 heavy (non-hydrogen) atoms. The van der Waals surface area contributed by atoms with Crippen LogP contribution in [0.15, 0.2) is 64.6 Å². The van der Waals surface area contributed by atoms with Gasteiger partial charge in [0.2, 0.25) is 11.8 Å². The van der Waals surface area contributed by atoms with E-state index in [0.29, 0.717) is 17.4 Å². The molecular weight excluding hydrogens is 450 g/mol. The predicted octanol–water partition coefficient (Wildman–Crippen LogP) is 5.21. The number of amidine groups is 1. The smallest absolute Gasteiger partial charge is 0.242 e. The lowest BCUT2D eigenvalue weighted by Crippen LogP contribution is -2.33. The Morgan fingerprint density at radius 3 is 2.72 bits per heavy atom. The first-order valence-corrected chi connectivity index (χ1v) is 10.9. The zero-order valence-electron chi connectivity index (χ0n) is 16.3. The van der Waals surface area contributed by atoms with Gasteiger partial charge in [-0.3, -0.25) is 14.5 Å². The average molecular weight is 472 g/mol. The standard InChI is InChI=1S/C22H22BrN3O2S/c1-4-11-26-21(28)19(13-20(27)25-18-8-6-5-7-17(18)23)29-22(26)24-16-10-9-14(2)15(3)12-16/h4-10,12,19H,1,11,13H2,2-3H3,(H,25,27). The monoisotopic (exact) mass is 471 g/mol. The third-order valence-electron chi connectivity index (χ3n) is 4.57. The molecule has 0 aliphatic carbocycles. The van der Waals surface area contributed by atoms with Crippen LogP contribution in [0.2, 0.25) is 0 Å². The van der Waals surface area contributed by atoms with Crippen LogP contribution in [-0.4, -0.2) is 33.7 Å². The van der Waals surface area contributed by atoms with Crippen molar-refractivity contribution in [3.8, 4) is 0 Å². The molecule has 0 radical (unpaired) electrons. The van der Waals surface area contributed by atoms with Gasteiger partial charge in [0.1, 0.15) is 5.25 Å². The molecule has 2 aromatic carbocycles. The number of para-hydroxylation sites is 1. The molecule has 1 unspecified atom stereocenters. The van der Waals surface area contributed by atoms with Crippen molar-refractivity contribution in [1.29, 1.82) is 0 Å². The van der Waals surface area contributed by atoms with Crippen molar-refractivity contribution in [3.05, 3.63) is 70.7 Å². The number of anilines is 1. The maximum atomic E-state index is 12.9. The Balaban J connectivity index is 1.76. The molecule has 0 saturated carbocycles. The third-order valence-corrected chi connectivity index (χ3v) is 6.43. The van der Waals surface area contributed by atoms with E-state index in [1.165, 1.54) is 17.3 Å². The largest absolute Gasteiger partial charge is 0.325 e. The van der Waals surface area contributed by atoms with Gasteiger partial charge in [-0.2, -0.15) is 0 Å². The molecular formula is C22H22BrN3O2S. The summed E-state index contributed by atoms with van der Waals surface area (Å²) in [5, 5.41) is 2.94. The average Bonchev–Trinajstić information content (AvgIpc) is 2.95.